The fraction of sp³-hybridized carbons (Fsp3) is 0.553. The number of benzene rings is 2. The maximum Gasteiger partial charge on any atom is 0.534 e. The van der Waals surface area contributed by atoms with Crippen molar-refractivity contribution in [1.29, 1.82) is 5.26 Å². The summed E-state index contributed by atoms with van der Waals surface area (Å²) in [5, 5.41) is 49.2. The number of nitrogens with zero attached hydrogens (tertiary/aromatic N) is 2. The van der Waals surface area contributed by atoms with Crippen molar-refractivity contribution in [3.63, 3.8) is 0 Å². The van der Waals surface area contributed by atoms with E-state index in [1.165, 1.54) is 41.5 Å². The fourth-order valence-corrected chi connectivity index (χ4v) is 6.80. The highest BCUT2D eigenvalue weighted by molar-refractivity contribution is 7.88. The Labute approximate surface area is 362 Å². The van der Waals surface area contributed by atoms with Crippen molar-refractivity contribution in [3.05, 3.63) is 51.6 Å². The molecule has 0 aliphatic carbocycles. The molecule has 20 nitrogen and oxygen atoms in total. The molecule has 0 radical (unpaired) electrons. The Hall–Kier alpha value is -5.87. The van der Waals surface area contributed by atoms with Crippen LogP contribution in [0.1, 0.15) is 92.0 Å². The van der Waals surface area contributed by atoms with Crippen LogP contribution in [0.2, 0.25) is 18.1 Å². The lowest BCUT2D eigenvalue weighted by Crippen LogP contribution is -2.58. The quantitative estimate of drug-likeness (QED) is 0.0332. The normalized spacial score (nSPS) is 14.4. The standard InChI is InChI=1S/C38H52F3N5O15SSi/c1-35(2,3)58-33(51)27(21-18-24(47)30(57-10)25(48)19-21)44-31(49)22(15-16-42)43-32(50)28(45-34(52)59-36(4,5)6)29(61-63(11,12)37(7,8)9)20-13-14-26(23(17-20)46(53)54)60-62(55,56)38(39,40)41/h13-14,17-19,22,27-29,47-48H,15H2,1-12H3,(H,43,50)(H,44,49)(H,45,52)/t22-,27+,28+,29+/m0/s1. The van der Waals surface area contributed by atoms with E-state index in [-0.39, 0.29) is 16.9 Å². The Morgan fingerprint density at radius 3 is 1.86 bits per heavy atom. The summed E-state index contributed by atoms with van der Waals surface area (Å²) in [7, 11) is -8.49. The lowest BCUT2D eigenvalue weighted by atomic mass is 9.99. The molecule has 4 atom stereocenters. The van der Waals surface area contributed by atoms with Crippen molar-refractivity contribution in [2.24, 2.45) is 0 Å². The van der Waals surface area contributed by atoms with Crippen LogP contribution in [0, 0.1) is 21.4 Å². The van der Waals surface area contributed by atoms with Gasteiger partial charge >= 0.3 is 33.4 Å². The summed E-state index contributed by atoms with van der Waals surface area (Å²) in [5.74, 6) is -6.69. The Morgan fingerprint density at radius 1 is 0.873 bits per heavy atom. The maximum atomic E-state index is 14.5. The molecule has 0 fully saturated rings. The van der Waals surface area contributed by atoms with Gasteiger partial charge in [0.2, 0.25) is 23.3 Å². The maximum absolute atomic E-state index is 14.5. The number of rotatable bonds is 16. The van der Waals surface area contributed by atoms with Crippen molar-refractivity contribution < 1.29 is 78.7 Å². The molecule has 3 amide bonds. The average Bonchev–Trinajstić information content (AvgIpc) is 3.09. The molecule has 0 bridgehead atoms. The minimum absolute atomic E-state index is 0.236. The number of hydrogen-bond acceptors (Lipinski definition) is 16. The van der Waals surface area contributed by atoms with Crippen LogP contribution in [0.15, 0.2) is 30.3 Å². The van der Waals surface area contributed by atoms with Crippen molar-refractivity contribution in [3.8, 4) is 29.1 Å². The fourth-order valence-electron chi connectivity index (χ4n) is 5.07. The Bertz CT molecular complexity index is 2190. The second-order valence-corrected chi connectivity index (χ2v) is 23.7. The highest BCUT2D eigenvalue weighted by Gasteiger charge is 2.50. The minimum Gasteiger partial charge on any atom is -0.504 e. The highest BCUT2D eigenvalue weighted by Crippen LogP contribution is 2.43. The largest absolute Gasteiger partial charge is 0.534 e. The first-order valence-corrected chi connectivity index (χ1v) is 23.0. The van der Waals surface area contributed by atoms with Crippen LogP contribution in [0.4, 0.5) is 23.7 Å². The summed E-state index contributed by atoms with van der Waals surface area (Å²) >= 11 is 0. The molecule has 0 aromatic heterocycles. The van der Waals surface area contributed by atoms with Crippen molar-refractivity contribution in [1.82, 2.24) is 16.0 Å². The number of phenols is 2. The van der Waals surface area contributed by atoms with E-state index in [2.05, 4.69) is 20.1 Å². The lowest BCUT2D eigenvalue weighted by molar-refractivity contribution is -0.385. The number of nitro groups is 1. The third-order valence-corrected chi connectivity index (χ3v) is 14.4. The van der Waals surface area contributed by atoms with Gasteiger partial charge in [0.1, 0.15) is 29.4 Å². The first-order valence-electron chi connectivity index (χ1n) is 18.7. The zero-order chi connectivity index (χ0) is 48.8. The van der Waals surface area contributed by atoms with Gasteiger partial charge in [-0.1, -0.05) is 26.8 Å². The molecule has 2 aromatic carbocycles. The van der Waals surface area contributed by atoms with Crippen LogP contribution in [0.3, 0.4) is 0 Å². The number of nitriles is 1. The second kappa shape index (κ2) is 19.7. The molecule has 0 saturated carbocycles. The van der Waals surface area contributed by atoms with Crippen LogP contribution < -0.4 is 24.9 Å². The molecule has 2 rings (SSSR count). The molecular weight excluding hydrogens is 884 g/mol. The number of alkyl halides is 3. The van der Waals surface area contributed by atoms with Crippen LogP contribution in [0.5, 0.6) is 23.0 Å². The van der Waals surface area contributed by atoms with Crippen molar-refractivity contribution in [2.45, 2.75) is 128 Å². The van der Waals surface area contributed by atoms with Crippen LogP contribution in [-0.4, -0.2) is 91.7 Å². The van der Waals surface area contributed by atoms with Gasteiger partial charge in [-0.2, -0.15) is 26.9 Å². The summed E-state index contributed by atoms with van der Waals surface area (Å²) in [4.78, 5) is 66.4. The number of methoxy groups -OCH3 is 1. The number of aromatic hydroxyl groups is 2. The van der Waals surface area contributed by atoms with Crippen LogP contribution >= 0.6 is 0 Å². The Kier molecular flexibility index (Phi) is 16.6. The van der Waals surface area contributed by atoms with Gasteiger partial charge in [0.05, 0.1) is 24.5 Å². The topological polar surface area (TPSA) is 292 Å². The molecule has 0 saturated heterocycles. The predicted molar refractivity (Wildman–Crippen MR) is 218 cm³/mol. The van der Waals surface area contributed by atoms with E-state index in [0.29, 0.717) is 12.1 Å². The Balaban J connectivity index is 2.87. The lowest BCUT2D eigenvalue weighted by Gasteiger charge is -2.41. The minimum atomic E-state index is -6.42. The summed E-state index contributed by atoms with van der Waals surface area (Å²) in [6.07, 6.45) is -3.92. The number of amides is 3. The number of nitro benzene ring substituents is 1. The third-order valence-electron chi connectivity index (χ3n) is 8.94. The molecular formula is C38H52F3N5O15SSi. The summed E-state index contributed by atoms with van der Waals surface area (Å²) in [5.41, 5.74) is -10.3. The zero-order valence-electron chi connectivity index (χ0n) is 36.5. The molecule has 2 aromatic rings. The summed E-state index contributed by atoms with van der Waals surface area (Å²) < 4.78 is 89.8. The monoisotopic (exact) mass is 935 g/mol. The molecule has 350 valence electrons. The van der Waals surface area contributed by atoms with Gasteiger partial charge in [-0.05, 0) is 89.0 Å². The highest BCUT2D eigenvalue weighted by atomic mass is 32.2. The first kappa shape index (κ1) is 53.3. The van der Waals surface area contributed by atoms with Gasteiger partial charge < -0.3 is 49.0 Å². The molecule has 0 unspecified atom stereocenters. The molecule has 5 N–H and O–H groups in total. The van der Waals surface area contributed by atoms with E-state index in [4.69, 9.17) is 18.6 Å². The van der Waals surface area contributed by atoms with Crippen LogP contribution in [-0.2, 0) is 38.4 Å². The van der Waals surface area contributed by atoms with E-state index in [9.17, 15) is 66.4 Å². The van der Waals surface area contributed by atoms with Crippen molar-refractivity contribution in [2.75, 3.05) is 7.11 Å². The van der Waals surface area contributed by atoms with Crippen LogP contribution in [0.25, 0.3) is 0 Å². The summed E-state index contributed by atoms with van der Waals surface area (Å²) in [6, 6.07) is -0.168. The molecule has 0 spiro atoms. The van der Waals surface area contributed by atoms with Gasteiger partial charge in [-0.25, -0.2) is 9.59 Å². The zero-order valence-corrected chi connectivity index (χ0v) is 38.4. The van der Waals surface area contributed by atoms with E-state index >= 15 is 0 Å². The number of halogens is 3. The average molecular weight is 936 g/mol. The number of ether oxygens (including phenoxy) is 3. The van der Waals surface area contributed by atoms with Gasteiger partial charge in [0, 0.05) is 6.07 Å². The predicted octanol–water partition coefficient (Wildman–Crippen LogP) is 5.80. The van der Waals surface area contributed by atoms with Gasteiger partial charge in [0.25, 0.3) is 0 Å². The van der Waals surface area contributed by atoms with Gasteiger partial charge in [0.15, 0.2) is 25.9 Å². The number of hydrogen-bond donors (Lipinski definition) is 5. The third kappa shape index (κ3) is 14.6. The molecule has 0 heterocycles. The molecule has 63 heavy (non-hydrogen) atoms. The summed E-state index contributed by atoms with van der Waals surface area (Å²) in [6.45, 7) is 17.5. The Morgan fingerprint density at radius 2 is 1.41 bits per heavy atom. The van der Waals surface area contributed by atoms with E-state index < -0.39 is 123 Å². The smallest absolute Gasteiger partial charge is 0.504 e. The first-order chi connectivity index (χ1) is 28.4. The molecule has 25 heteroatoms. The van der Waals surface area contributed by atoms with Gasteiger partial charge in [-0.3, -0.25) is 19.7 Å². The second-order valence-electron chi connectivity index (χ2n) is 17.4. The molecule has 0 aliphatic heterocycles. The number of alkyl carbamates (subject to hydrolysis) is 1. The van der Waals surface area contributed by atoms with Crippen molar-refractivity contribution >= 4 is 48.0 Å². The van der Waals surface area contributed by atoms with Gasteiger partial charge in [-0.15, -0.1) is 0 Å². The number of esters is 1. The number of carbonyl (C=O) groups is 4. The molecule has 0 aliphatic rings. The van der Waals surface area contributed by atoms with E-state index in [0.717, 1.165) is 25.3 Å². The van der Waals surface area contributed by atoms with E-state index in [1.807, 2.05) is 0 Å². The number of phenolic OH excluding ortho intramolecular Hbond substituents is 2. The number of carbonyl (C=O) groups excluding carboxylic acids is 4. The number of nitrogens with one attached hydrogen (secondary N) is 3. The van der Waals surface area contributed by atoms with E-state index in [1.54, 1.807) is 39.9 Å². The SMILES string of the molecule is COc1c(O)cc([C@@H](NC(=O)[C@H](CC#N)NC(=O)[C@H](NC(=O)OC(C)(C)C)[C@H](O[Si](C)(C)C(C)(C)C)c2ccc(OS(=O)(=O)C(F)(F)F)c([N+](=O)[O-])c2)C(=O)OC(C)(C)C)cc1O.